The fourth-order valence-corrected chi connectivity index (χ4v) is 12.3. The molecule has 8 rings (SSSR count). The standard InChI is InChI=1S/C39H59N12O18P3S3/c1-19-11-49(39(53)48-35(19)52)37-29(60-9-7-57-4)27(23(66-37)13-62-70(54,73)59-6)68-72(56,75)64-14-24-28(30(61-10-8-58-5)38(67-24)51-18-47-26-32(41)43-16-45-34(26)51)69-71(55,74)63-12-22-20(2)21(3)36(65-22)50-17-46-25-31(40)42-15-44-33(25)50/h11,15,17-18,20-24,27-30,36-38,45H,7-10,12-14,16H2,1-6H3,(H2,41,43)(H,54,73)(H,55,74)(H,56,75)(H2,40,42,44)(H,48,52,53)/t20-,21?,22-,23-,24-,27+,28+,29?,30?,36-,37-,38-,70?,71?,72?/m1/s1. The summed E-state index contributed by atoms with van der Waals surface area (Å²) in [6.07, 6.45) is -5.79. The molecule has 30 nitrogen and oxygen atoms in total. The number of rotatable bonds is 25. The highest BCUT2D eigenvalue weighted by Gasteiger charge is 2.54. The number of nitrogens with two attached hydrogens (primary N) is 2. The molecule has 0 amide bonds. The molecule has 0 spiro atoms. The Hall–Kier alpha value is -3.18. The summed E-state index contributed by atoms with van der Waals surface area (Å²) in [5.41, 5.74) is 12.1. The van der Waals surface area contributed by atoms with Crippen LogP contribution in [-0.2, 0) is 95.7 Å². The van der Waals surface area contributed by atoms with Gasteiger partial charge in [-0.2, -0.15) is 0 Å². The van der Waals surface area contributed by atoms with Gasteiger partial charge >= 0.3 is 25.8 Å². The van der Waals surface area contributed by atoms with Crippen LogP contribution in [0.25, 0.3) is 11.2 Å². The van der Waals surface area contributed by atoms with Crippen LogP contribution in [0.1, 0.15) is 43.8 Å². The summed E-state index contributed by atoms with van der Waals surface area (Å²) in [6.45, 7) is -8.35. The second-order valence-corrected chi connectivity index (χ2v) is 26.0. The lowest BCUT2D eigenvalue weighted by molar-refractivity contribution is -0.0822. The number of nitrogens with one attached hydrogen (secondary N) is 2. The molecule has 9 N–H and O–H groups in total. The van der Waals surface area contributed by atoms with Gasteiger partial charge in [0.2, 0.25) is 0 Å². The Balaban J connectivity index is 1.06. The first-order chi connectivity index (χ1) is 35.7. The van der Waals surface area contributed by atoms with Crippen molar-refractivity contribution < 1.29 is 75.0 Å². The predicted molar refractivity (Wildman–Crippen MR) is 275 cm³/mol. The van der Waals surface area contributed by atoms with Crippen LogP contribution in [0.2, 0.25) is 0 Å². The zero-order chi connectivity index (χ0) is 54.0. The van der Waals surface area contributed by atoms with Crippen molar-refractivity contribution in [3.8, 4) is 0 Å². The fourth-order valence-electron chi connectivity index (χ4n) is 8.76. The van der Waals surface area contributed by atoms with Crippen LogP contribution in [0.3, 0.4) is 0 Å². The van der Waals surface area contributed by atoms with Gasteiger partial charge in [-0.15, -0.1) is 0 Å². The number of amidine groups is 1. The lowest BCUT2D eigenvalue weighted by Crippen LogP contribution is -2.41. The first-order valence-electron chi connectivity index (χ1n) is 23.0. The van der Waals surface area contributed by atoms with Gasteiger partial charge in [0.25, 0.3) is 5.56 Å². The molecular formula is C39H59N12O18P3S3. The number of aromatic amines is 1. The fraction of sp³-hybridized carbons (Fsp3) is 0.667. The number of aliphatic imine (C=N–C) groups is 1. The van der Waals surface area contributed by atoms with Crippen LogP contribution >= 0.6 is 20.2 Å². The third kappa shape index (κ3) is 13.1. The lowest BCUT2D eigenvalue weighted by atomic mass is 9.93. The zero-order valence-corrected chi connectivity index (χ0v) is 46.3. The first-order valence-corrected chi connectivity index (χ1v) is 30.8. The molecule has 0 bridgehead atoms. The first kappa shape index (κ1) is 58.0. The number of nitrogen functional groups attached to an aromatic ring is 1. The Kier molecular flexibility index (Phi) is 18.9. The quantitative estimate of drug-likeness (QED) is 0.0349. The van der Waals surface area contributed by atoms with Gasteiger partial charge in [0, 0.05) is 39.0 Å². The molecule has 0 saturated carbocycles. The summed E-state index contributed by atoms with van der Waals surface area (Å²) in [5.74, 6) is 0.554. The van der Waals surface area contributed by atoms with E-state index in [0.29, 0.717) is 22.7 Å². The number of methoxy groups -OCH3 is 2. The van der Waals surface area contributed by atoms with Gasteiger partial charge in [0.1, 0.15) is 78.7 Å². The van der Waals surface area contributed by atoms with Crippen molar-refractivity contribution >= 4 is 84.2 Å². The van der Waals surface area contributed by atoms with Crippen molar-refractivity contribution in [1.29, 1.82) is 0 Å². The maximum absolute atomic E-state index is 13.3. The average Bonchev–Trinajstić information content (AvgIpc) is 4.20. The molecule has 3 saturated heterocycles. The van der Waals surface area contributed by atoms with Gasteiger partial charge in [-0.25, -0.2) is 29.7 Å². The number of H-pyrrole nitrogens is 1. The van der Waals surface area contributed by atoms with E-state index >= 15 is 0 Å². The van der Waals surface area contributed by atoms with Crippen molar-refractivity contribution in [1.82, 2.24) is 38.6 Å². The normalized spacial score (nSPS) is 30.2. The molecule has 416 valence electrons. The highest BCUT2D eigenvalue weighted by molar-refractivity contribution is 8.07. The molecule has 4 aliphatic heterocycles. The van der Waals surface area contributed by atoms with Gasteiger partial charge in [0.05, 0.1) is 65.0 Å². The van der Waals surface area contributed by atoms with Gasteiger partial charge in [-0.1, -0.05) is 13.8 Å². The van der Waals surface area contributed by atoms with Crippen LogP contribution in [0.4, 0.5) is 11.6 Å². The minimum absolute atomic E-state index is 0.00964. The third-order valence-electron chi connectivity index (χ3n) is 12.8. The second-order valence-electron chi connectivity index (χ2n) is 17.5. The number of nitrogens with zero attached hydrogens (tertiary/aromatic N) is 8. The molecule has 0 aliphatic carbocycles. The molecule has 4 aromatic rings. The van der Waals surface area contributed by atoms with Crippen LogP contribution < -0.4 is 28.0 Å². The number of anilines is 2. The molecule has 36 heteroatoms. The molecule has 6 unspecified atom stereocenters. The van der Waals surface area contributed by atoms with Crippen molar-refractivity contribution in [2.75, 3.05) is 85.3 Å². The maximum Gasteiger partial charge on any atom is 0.330 e. The van der Waals surface area contributed by atoms with Crippen LogP contribution in [0.5, 0.6) is 0 Å². The van der Waals surface area contributed by atoms with E-state index in [2.05, 4.69) is 35.2 Å². The highest BCUT2D eigenvalue weighted by atomic mass is 32.5. The Morgan fingerprint density at radius 3 is 1.88 bits per heavy atom. The maximum atomic E-state index is 13.3. The van der Waals surface area contributed by atoms with Crippen molar-refractivity contribution in [3.05, 3.63) is 57.3 Å². The Bertz CT molecular complexity index is 2950. The van der Waals surface area contributed by atoms with E-state index in [1.54, 1.807) is 15.5 Å². The van der Waals surface area contributed by atoms with Crippen molar-refractivity contribution in [3.63, 3.8) is 0 Å². The molecule has 3 fully saturated rings. The molecule has 0 radical (unpaired) electrons. The van der Waals surface area contributed by atoms with E-state index in [-0.39, 0.29) is 68.8 Å². The van der Waals surface area contributed by atoms with Gasteiger partial charge in [0.15, 0.2) is 23.9 Å². The molecule has 15 atom stereocenters. The second kappa shape index (κ2) is 24.5. The SMILES string of the molecule is COCCOC1[C@@H](OP(O)(=S)OC[C@H]2O[C@@H](n3cnc4c(N)ncnc43)C(C)[C@H]2C)[C@@H](COP(O)(=S)O[C@@H]2C(OCCOC)[C@H](n3cc(C)c(=O)[nH]c3=O)O[C@@H]2COP(O)(=S)OC)O[C@H]1n1cnc2c1NCN=C2N. The topological polar surface area (TPSA) is 373 Å². The van der Waals surface area contributed by atoms with E-state index in [1.807, 2.05) is 13.8 Å². The van der Waals surface area contributed by atoms with Crippen molar-refractivity contribution in [2.45, 2.75) is 82.2 Å². The van der Waals surface area contributed by atoms with Gasteiger partial charge in [-0.3, -0.25) is 32.5 Å². The van der Waals surface area contributed by atoms with E-state index in [1.165, 1.54) is 40.0 Å². The monoisotopic (exact) mass is 1170 g/mol. The largest absolute Gasteiger partial charge is 0.382 e. The number of hydrogen-bond donors (Lipinski definition) is 7. The smallest absolute Gasteiger partial charge is 0.330 e. The number of fused-ring (bicyclic) bond motifs is 2. The molecule has 4 aliphatic rings. The molecule has 8 heterocycles. The summed E-state index contributed by atoms with van der Waals surface area (Å²) < 4.78 is 82.0. The minimum atomic E-state index is -4.52. The van der Waals surface area contributed by atoms with Crippen LogP contribution in [-0.4, -0.2) is 176 Å². The Morgan fingerprint density at radius 2 is 1.28 bits per heavy atom. The number of imidazole rings is 2. The molecule has 0 aromatic carbocycles. The summed E-state index contributed by atoms with van der Waals surface area (Å²) in [6, 6.07) is 0. The predicted octanol–water partition coefficient (Wildman–Crippen LogP) is 0.397. The van der Waals surface area contributed by atoms with E-state index in [0.717, 1.165) is 11.7 Å². The van der Waals surface area contributed by atoms with Crippen LogP contribution in [0, 0.1) is 18.8 Å². The Morgan fingerprint density at radius 1 is 0.720 bits per heavy atom. The summed E-state index contributed by atoms with van der Waals surface area (Å²) in [7, 11) is 4.07. The number of aryl methyl sites for hydroxylation is 1. The third-order valence-corrected chi connectivity index (χ3v) is 17.6. The lowest BCUT2D eigenvalue weighted by Gasteiger charge is -2.30. The van der Waals surface area contributed by atoms with E-state index in [9.17, 15) is 24.3 Å². The van der Waals surface area contributed by atoms with Crippen molar-refractivity contribution in [2.24, 2.45) is 22.6 Å². The van der Waals surface area contributed by atoms with E-state index < -0.39 is 106 Å². The number of aromatic nitrogens is 8. The van der Waals surface area contributed by atoms with Gasteiger partial charge in [-0.05, 0) is 48.3 Å². The highest BCUT2D eigenvalue weighted by Crippen LogP contribution is 2.54. The number of hydrogen-bond acceptors (Lipinski definition) is 26. The summed E-state index contributed by atoms with van der Waals surface area (Å²) in [4.78, 5) is 83.8. The zero-order valence-electron chi connectivity index (χ0n) is 41.2. The molecular weight excluding hydrogens is 1110 g/mol. The van der Waals surface area contributed by atoms with Crippen LogP contribution in [0.15, 0.2) is 39.8 Å². The minimum Gasteiger partial charge on any atom is -0.382 e. The van der Waals surface area contributed by atoms with Gasteiger partial charge < -0.3 is 82.7 Å². The summed E-state index contributed by atoms with van der Waals surface area (Å²) in [5, 5.41) is 3.14. The van der Waals surface area contributed by atoms with E-state index in [4.69, 9.17) is 107 Å². The number of ether oxygens (including phenoxy) is 7. The summed E-state index contributed by atoms with van der Waals surface area (Å²) >= 11 is 16.4. The Labute approximate surface area is 443 Å². The average molecular weight is 1170 g/mol. The molecule has 4 aromatic heterocycles. The molecule has 75 heavy (non-hydrogen) atoms.